The van der Waals surface area contributed by atoms with Gasteiger partial charge in [0.05, 0.1) is 5.69 Å². The van der Waals surface area contributed by atoms with Crippen molar-refractivity contribution < 1.29 is 0 Å². The van der Waals surface area contributed by atoms with E-state index >= 15 is 0 Å². The predicted octanol–water partition coefficient (Wildman–Crippen LogP) is 2.44. The van der Waals surface area contributed by atoms with Crippen molar-refractivity contribution >= 4 is 0 Å². The average Bonchev–Trinajstić information content (AvgIpc) is 2.66. The molecule has 18 heavy (non-hydrogen) atoms. The number of imidazole rings is 1. The summed E-state index contributed by atoms with van der Waals surface area (Å²) in [6.07, 6.45) is 1.06. The molecule has 0 amide bonds. The molecule has 2 heterocycles. The van der Waals surface area contributed by atoms with Crippen LogP contribution in [0.1, 0.15) is 28.3 Å². The summed E-state index contributed by atoms with van der Waals surface area (Å²) in [5.41, 5.74) is 6.48. The Morgan fingerprint density at radius 3 is 2.83 bits per heavy atom. The molecule has 1 aromatic heterocycles. The largest absolute Gasteiger partial charge is 0.311 e. The van der Waals surface area contributed by atoms with Crippen LogP contribution >= 0.6 is 0 Å². The fraction of sp³-hybridized carbons (Fsp3) is 0.400. The van der Waals surface area contributed by atoms with E-state index < -0.39 is 0 Å². The molecule has 0 atom stereocenters. The highest BCUT2D eigenvalue weighted by Crippen LogP contribution is 2.24. The van der Waals surface area contributed by atoms with Gasteiger partial charge in [0, 0.05) is 30.9 Å². The number of nitrogens with zero attached hydrogens (tertiary/aromatic N) is 2. The fourth-order valence-corrected chi connectivity index (χ4v) is 2.82. The third kappa shape index (κ3) is 1.75. The van der Waals surface area contributed by atoms with Crippen molar-refractivity contribution in [3.8, 4) is 5.69 Å². The Kier molecular flexibility index (Phi) is 2.71. The van der Waals surface area contributed by atoms with Crippen LogP contribution < -0.4 is 5.32 Å². The van der Waals surface area contributed by atoms with Gasteiger partial charge in [-0.25, -0.2) is 4.98 Å². The maximum atomic E-state index is 4.69. The Morgan fingerprint density at radius 2 is 2.06 bits per heavy atom. The molecule has 0 saturated carbocycles. The van der Waals surface area contributed by atoms with E-state index in [0.29, 0.717) is 0 Å². The molecule has 1 aliphatic heterocycles. The van der Waals surface area contributed by atoms with Gasteiger partial charge in [-0.05, 0) is 32.4 Å². The van der Waals surface area contributed by atoms with E-state index in [1.165, 1.54) is 28.2 Å². The van der Waals surface area contributed by atoms with Crippen molar-refractivity contribution in [2.75, 3.05) is 6.54 Å². The Bertz CT molecular complexity index is 596. The molecule has 1 N–H and O–H groups in total. The van der Waals surface area contributed by atoms with Gasteiger partial charge in [0.1, 0.15) is 5.82 Å². The minimum atomic E-state index is 0.897. The minimum absolute atomic E-state index is 0.897. The van der Waals surface area contributed by atoms with Crippen LogP contribution in [0.4, 0.5) is 0 Å². The van der Waals surface area contributed by atoms with Crippen molar-refractivity contribution in [3.63, 3.8) is 0 Å². The summed E-state index contributed by atoms with van der Waals surface area (Å²) in [5.74, 6) is 1.09. The zero-order valence-electron chi connectivity index (χ0n) is 11.2. The van der Waals surface area contributed by atoms with Crippen LogP contribution in [0.15, 0.2) is 18.2 Å². The SMILES string of the molecule is Cc1ccc(-n2c(C)nc3c2CCNC3)c(C)c1. The zero-order chi connectivity index (χ0) is 12.7. The highest BCUT2D eigenvalue weighted by Gasteiger charge is 2.19. The zero-order valence-corrected chi connectivity index (χ0v) is 11.2. The summed E-state index contributed by atoms with van der Waals surface area (Å²) in [7, 11) is 0. The van der Waals surface area contributed by atoms with Crippen LogP contribution in [-0.4, -0.2) is 16.1 Å². The van der Waals surface area contributed by atoms with E-state index in [1.54, 1.807) is 0 Å². The van der Waals surface area contributed by atoms with Gasteiger partial charge in [0.15, 0.2) is 0 Å². The molecule has 94 valence electrons. The van der Waals surface area contributed by atoms with Crippen molar-refractivity contribution in [2.45, 2.75) is 33.7 Å². The summed E-state index contributed by atoms with van der Waals surface area (Å²) < 4.78 is 2.32. The molecule has 0 aliphatic carbocycles. The summed E-state index contributed by atoms with van der Waals surface area (Å²) >= 11 is 0. The third-order valence-electron chi connectivity index (χ3n) is 3.65. The van der Waals surface area contributed by atoms with Gasteiger partial charge in [-0.15, -0.1) is 0 Å². The van der Waals surface area contributed by atoms with Crippen LogP contribution in [0.25, 0.3) is 5.69 Å². The lowest BCUT2D eigenvalue weighted by molar-refractivity contribution is 0.619. The number of aryl methyl sites for hydroxylation is 3. The maximum absolute atomic E-state index is 4.69. The van der Waals surface area contributed by atoms with Gasteiger partial charge in [-0.1, -0.05) is 17.7 Å². The first-order valence-corrected chi connectivity index (χ1v) is 6.52. The summed E-state index contributed by atoms with van der Waals surface area (Å²) in [5, 5.41) is 3.38. The lowest BCUT2D eigenvalue weighted by Crippen LogP contribution is -2.24. The predicted molar refractivity (Wildman–Crippen MR) is 73.2 cm³/mol. The molecule has 0 unspecified atom stereocenters. The molecule has 0 spiro atoms. The maximum Gasteiger partial charge on any atom is 0.110 e. The molecule has 1 aliphatic rings. The van der Waals surface area contributed by atoms with Crippen LogP contribution in [0.2, 0.25) is 0 Å². The van der Waals surface area contributed by atoms with E-state index in [2.05, 4.69) is 48.9 Å². The van der Waals surface area contributed by atoms with Gasteiger partial charge in [-0.3, -0.25) is 0 Å². The molecule has 3 nitrogen and oxygen atoms in total. The van der Waals surface area contributed by atoms with Crippen molar-refractivity contribution in [1.82, 2.24) is 14.9 Å². The van der Waals surface area contributed by atoms with Gasteiger partial charge in [0.25, 0.3) is 0 Å². The van der Waals surface area contributed by atoms with Crippen LogP contribution in [0.3, 0.4) is 0 Å². The van der Waals surface area contributed by atoms with E-state index in [9.17, 15) is 0 Å². The number of aromatic nitrogens is 2. The first-order chi connectivity index (χ1) is 8.66. The van der Waals surface area contributed by atoms with Gasteiger partial charge >= 0.3 is 0 Å². The second kappa shape index (κ2) is 4.25. The lowest BCUT2D eigenvalue weighted by atomic mass is 10.1. The Balaban J connectivity index is 2.19. The van der Waals surface area contributed by atoms with E-state index in [1.807, 2.05) is 0 Å². The molecule has 0 bridgehead atoms. The number of nitrogens with one attached hydrogen (secondary N) is 1. The first-order valence-electron chi connectivity index (χ1n) is 6.52. The van der Waals surface area contributed by atoms with Crippen molar-refractivity contribution in [2.24, 2.45) is 0 Å². The quantitative estimate of drug-likeness (QED) is 0.831. The topological polar surface area (TPSA) is 29.9 Å². The fourth-order valence-electron chi connectivity index (χ4n) is 2.82. The Morgan fingerprint density at radius 1 is 1.22 bits per heavy atom. The molecule has 0 radical (unpaired) electrons. The Labute approximate surface area is 108 Å². The number of rotatable bonds is 1. The monoisotopic (exact) mass is 241 g/mol. The normalized spacial score (nSPS) is 14.6. The summed E-state index contributed by atoms with van der Waals surface area (Å²) in [6.45, 7) is 8.35. The standard InChI is InChI=1S/C15H19N3/c1-10-4-5-14(11(2)8-10)18-12(3)17-13-9-16-7-6-15(13)18/h4-5,8,16H,6-7,9H2,1-3H3. The van der Waals surface area contributed by atoms with E-state index in [4.69, 9.17) is 4.98 Å². The van der Waals surface area contributed by atoms with Gasteiger partial charge in [-0.2, -0.15) is 0 Å². The second-order valence-electron chi connectivity index (χ2n) is 5.10. The number of hydrogen-bond donors (Lipinski definition) is 1. The molecule has 3 heteroatoms. The summed E-state index contributed by atoms with van der Waals surface area (Å²) in [4.78, 5) is 4.69. The molecular formula is C15H19N3. The van der Waals surface area contributed by atoms with Crippen LogP contribution in [-0.2, 0) is 13.0 Å². The smallest absolute Gasteiger partial charge is 0.110 e. The molecule has 0 saturated heterocycles. The molecule has 0 fully saturated rings. The van der Waals surface area contributed by atoms with Crippen LogP contribution in [0.5, 0.6) is 0 Å². The Hall–Kier alpha value is -1.61. The number of hydrogen-bond acceptors (Lipinski definition) is 2. The molecule has 1 aromatic carbocycles. The molecular weight excluding hydrogens is 222 g/mol. The highest BCUT2D eigenvalue weighted by atomic mass is 15.1. The average molecular weight is 241 g/mol. The van der Waals surface area contributed by atoms with E-state index in [-0.39, 0.29) is 0 Å². The second-order valence-corrected chi connectivity index (χ2v) is 5.10. The van der Waals surface area contributed by atoms with E-state index in [0.717, 1.165) is 25.3 Å². The van der Waals surface area contributed by atoms with Crippen molar-refractivity contribution in [1.29, 1.82) is 0 Å². The van der Waals surface area contributed by atoms with Crippen LogP contribution in [0, 0.1) is 20.8 Å². The van der Waals surface area contributed by atoms with Crippen molar-refractivity contribution in [3.05, 3.63) is 46.5 Å². The minimum Gasteiger partial charge on any atom is -0.311 e. The number of benzene rings is 1. The lowest BCUT2D eigenvalue weighted by Gasteiger charge is -2.17. The van der Waals surface area contributed by atoms with Gasteiger partial charge in [0.2, 0.25) is 0 Å². The number of fused-ring (bicyclic) bond motifs is 1. The first kappa shape index (κ1) is 11.5. The summed E-state index contributed by atoms with van der Waals surface area (Å²) in [6, 6.07) is 6.62. The highest BCUT2D eigenvalue weighted by molar-refractivity contribution is 5.46. The molecule has 2 aromatic rings. The third-order valence-corrected chi connectivity index (χ3v) is 3.65. The van der Waals surface area contributed by atoms with Gasteiger partial charge < -0.3 is 9.88 Å². The molecule has 3 rings (SSSR count).